The molecule has 6 nitrogen and oxygen atoms in total. The third-order valence-corrected chi connectivity index (χ3v) is 2.10. The van der Waals surface area contributed by atoms with E-state index in [1.165, 1.54) is 7.11 Å². The van der Waals surface area contributed by atoms with E-state index in [1.54, 1.807) is 0 Å². The highest BCUT2D eigenvalue weighted by atomic mass is 16.7. The molecule has 0 aliphatic rings. The first kappa shape index (κ1) is 18.0. The molecule has 0 fully saturated rings. The molecule has 0 rings (SSSR count). The second-order valence-corrected chi connectivity index (χ2v) is 3.65. The highest BCUT2D eigenvalue weighted by Crippen LogP contribution is 1.95. The van der Waals surface area contributed by atoms with E-state index in [2.05, 4.69) is 11.3 Å². The lowest BCUT2D eigenvalue weighted by Crippen LogP contribution is -2.17. The van der Waals surface area contributed by atoms with E-state index in [-0.39, 0.29) is 18.5 Å². The number of carbonyl (C=O) groups excluding carboxylic acids is 1. The van der Waals surface area contributed by atoms with Gasteiger partial charge in [-0.25, -0.2) is 4.79 Å². The van der Waals surface area contributed by atoms with Crippen LogP contribution in [0.3, 0.4) is 0 Å². The monoisotopic (exact) mass is 276 g/mol. The van der Waals surface area contributed by atoms with Crippen molar-refractivity contribution in [1.82, 2.24) is 0 Å². The second kappa shape index (κ2) is 12.1. The number of ether oxygens (including phenoxy) is 5. The van der Waals surface area contributed by atoms with Crippen molar-refractivity contribution in [2.24, 2.45) is 0 Å². The molecule has 19 heavy (non-hydrogen) atoms. The van der Waals surface area contributed by atoms with Gasteiger partial charge in [0.1, 0.15) is 0 Å². The van der Waals surface area contributed by atoms with Gasteiger partial charge in [0, 0.05) is 6.61 Å². The Hall–Kier alpha value is -0.950. The van der Waals surface area contributed by atoms with Crippen LogP contribution in [0.2, 0.25) is 0 Å². The number of esters is 1. The minimum Gasteiger partial charge on any atom is -0.466 e. The molecule has 0 aliphatic carbocycles. The summed E-state index contributed by atoms with van der Waals surface area (Å²) in [5.74, 6) is -0.459. The lowest BCUT2D eigenvalue weighted by molar-refractivity contribution is -0.137. The Bertz CT molecular complexity index is 254. The van der Waals surface area contributed by atoms with Crippen molar-refractivity contribution < 1.29 is 28.5 Å². The van der Waals surface area contributed by atoms with Crippen molar-refractivity contribution in [1.29, 1.82) is 0 Å². The van der Waals surface area contributed by atoms with Gasteiger partial charge >= 0.3 is 5.97 Å². The summed E-state index contributed by atoms with van der Waals surface area (Å²) in [6, 6.07) is 0. The second-order valence-electron chi connectivity index (χ2n) is 3.65. The topological polar surface area (TPSA) is 63.2 Å². The number of rotatable bonds is 12. The Labute approximate surface area is 114 Å². The number of methoxy groups -OCH3 is 1. The zero-order chi connectivity index (χ0) is 14.5. The maximum atomic E-state index is 11.0. The van der Waals surface area contributed by atoms with Crippen molar-refractivity contribution in [3.8, 4) is 0 Å². The van der Waals surface area contributed by atoms with E-state index >= 15 is 0 Å². The summed E-state index contributed by atoms with van der Waals surface area (Å²) in [4.78, 5) is 11.0. The predicted octanol–water partition coefficient (Wildman–Crippen LogP) is 1.15. The van der Waals surface area contributed by atoms with Crippen LogP contribution in [0, 0.1) is 0 Å². The van der Waals surface area contributed by atoms with Gasteiger partial charge in [0.2, 0.25) is 0 Å². The van der Waals surface area contributed by atoms with Gasteiger partial charge in [-0.3, -0.25) is 0 Å². The lowest BCUT2D eigenvalue weighted by Gasteiger charge is -2.12. The summed E-state index contributed by atoms with van der Waals surface area (Å²) < 4.78 is 25.5. The van der Waals surface area contributed by atoms with E-state index in [0.717, 1.165) is 0 Å². The molecule has 0 aromatic rings. The molecule has 0 aliphatic heterocycles. The maximum Gasteiger partial charge on any atom is 0.335 e. The van der Waals surface area contributed by atoms with Gasteiger partial charge in [-0.1, -0.05) is 6.58 Å². The summed E-state index contributed by atoms with van der Waals surface area (Å²) in [6.07, 6.45) is -0.215. The number of hydrogen-bond acceptors (Lipinski definition) is 6. The molecule has 6 heteroatoms. The molecule has 0 aromatic heterocycles. The van der Waals surface area contributed by atoms with E-state index in [1.807, 2.05) is 13.8 Å². The SMILES string of the molecule is C=C(COCCOCCOC(C)OCC)C(=O)OC. The first-order valence-corrected chi connectivity index (χ1v) is 6.26. The minimum atomic E-state index is -0.459. The van der Waals surface area contributed by atoms with Crippen LogP contribution in [0.4, 0.5) is 0 Å². The summed E-state index contributed by atoms with van der Waals surface area (Å²) in [6.45, 7) is 9.81. The van der Waals surface area contributed by atoms with Gasteiger partial charge in [-0.05, 0) is 13.8 Å². The third-order valence-electron chi connectivity index (χ3n) is 2.10. The Morgan fingerprint density at radius 3 is 2.37 bits per heavy atom. The van der Waals surface area contributed by atoms with Crippen LogP contribution in [-0.2, 0) is 28.5 Å². The molecule has 0 N–H and O–H groups in total. The molecule has 112 valence electrons. The highest BCUT2D eigenvalue weighted by molar-refractivity contribution is 5.87. The van der Waals surface area contributed by atoms with E-state index in [4.69, 9.17) is 18.9 Å². The van der Waals surface area contributed by atoms with Gasteiger partial charge in [0.25, 0.3) is 0 Å². The summed E-state index contributed by atoms with van der Waals surface area (Å²) >= 11 is 0. The van der Waals surface area contributed by atoms with Crippen LogP contribution in [0.15, 0.2) is 12.2 Å². The predicted molar refractivity (Wildman–Crippen MR) is 69.8 cm³/mol. The van der Waals surface area contributed by atoms with E-state index in [9.17, 15) is 4.79 Å². The molecule has 0 amide bonds. The average Bonchev–Trinajstić information content (AvgIpc) is 2.40. The van der Waals surface area contributed by atoms with Crippen molar-refractivity contribution in [2.45, 2.75) is 20.1 Å². The smallest absolute Gasteiger partial charge is 0.335 e. The normalized spacial score (nSPS) is 12.2. The Morgan fingerprint density at radius 1 is 1.11 bits per heavy atom. The van der Waals surface area contributed by atoms with E-state index in [0.29, 0.717) is 33.0 Å². The van der Waals surface area contributed by atoms with Crippen LogP contribution in [-0.4, -0.2) is 59.0 Å². The fraction of sp³-hybridized carbons (Fsp3) is 0.769. The number of hydrogen-bond donors (Lipinski definition) is 0. The molecule has 0 radical (unpaired) electrons. The molecule has 1 unspecified atom stereocenters. The largest absolute Gasteiger partial charge is 0.466 e. The first-order valence-electron chi connectivity index (χ1n) is 6.26. The lowest BCUT2D eigenvalue weighted by atomic mass is 10.3. The molecular weight excluding hydrogens is 252 g/mol. The number of carbonyl (C=O) groups is 1. The standard InChI is InChI=1S/C13H24O6/c1-5-18-12(3)19-9-8-16-6-7-17-10-11(2)13(14)15-4/h12H,2,5-10H2,1,3-4H3. The third kappa shape index (κ3) is 10.6. The van der Waals surface area contributed by atoms with Crippen LogP contribution < -0.4 is 0 Å². The molecular formula is C13H24O6. The van der Waals surface area contributed by atoms with Crippen LogP contribution >= 0.6 is 0 Å². The minimum absolute atomic E-state index is 0.147. The quantitative estimate of drug-likeness (QED) is 0.231. The van der Waals surface area contributed by atoms with Gasteiger partial charge in [-0.15, -0.1) is 0 Å². The van der Waals surface area contributed by atoms with Crippen LogP contribution in [0.5, 0.6) is 0 Å². The Kier molecular flexibility index (Phi) is 11.5. The summed E-state index contributed by atoms with van der Waals surface area (Å²) in [5.41, 5.74) is 0.288. The average molecular weight is 276 g/mol. The Balaban J connectivity index is 3.28. The molecule has 0 heterocycles. The van der Waals surface area contributed by atoms with Gasteiger partial charge < -0.3 is 23.7 Å². The van der Waals surface area contributed by atoms with Crippen molar-refractivity contribution in [3.05, 3.63) is 12.2 Å². The van der Waals surface area contributed by atoms with Crippen molar-refractivity contribution >= 4 is 5.97 Å². The molecule has 0 saturated heterocycles. The zero-order valence-electron chi connectivity index (χ0n) is 12.0. The van der Waals surface area contributed by atoms with Crippen molar-refractivity contribution in [2.75, 3.05) is 46.8 Å². The fourth-order valence-electron chi connectivity index (χ4n) is 1.17. The molecule has 0 bridgehead atoms. The van der Waals surface area contributed by atoms with Crippen LogP contribution in [0.1, 0.15) is 13.8 Å². The summed E-state index contributed by atoms with van der Waals surface area (Å²) in [5, 5.41) is 0. The van der Waals surface area contributed by atoms with Gasteiger partial charge in [0.15, 0.2) is 6.29 Å². The molecule has 0 saturated carbocycles. The fourth-order valence-corrected chi connectivity index (χ4v) is 1.17. The van der Waals surface area contributed by atoms with Gasteiger partial charge in [-0.2, -0.15) is 0 Å². The van der Waals surface area contributed by atoms with Crippen molar-refractivity contribution in [3.63, 3.8) is 0 Å². The highest BCUT2D eigenvalue weighted by Gasteiger charge is 2.05. The van der Waals surface area contributed by atoms with E-state index < -0.39 is 5.97 Å². The van der Waals surface area contributed by atoms with Crippen LogP contribution in [0.25, 0.3) is 0 Å². The molecule has 0 aromatic carbocycles. The Morgan fingerprint density at radius 2 is 1.74 bits per heavy atom. The zero-order valence-corrected chi connectivity index (χ0v) is 12.0. The first-order chi connectivity index (χ1) is 9.11. The maximum absolute atomic E-state index is 11.0. The molecule has 1 atom stereocenters. The summed E-state index contributed by atoms with van der Waals surface area (Å²) in [7, 11) is 1.31. The molecule has 0 spiro atoms. The van der Waals surface area contributed by atoms with Gasteiger partial charge in [0.05, 0.1) is 45.7 Å².